The number of aliphatic hydroxyl groups is 1. The Hall–Kier alpha value is -1.95. The molecule has 1 aliphatic rings. The Bertz CT molecular complexity index is 591. The summed E-state index contributed by atoms with van der Waals surface area (Å²) in [5, 5.41) is 19.7. The maximum Gasteiger partial charge on any atom is 0.253 e. The number of aromatic nitrogens is 3. The van der Waals surface area contributed by atoms with E-state index in [9.17, 15) is 4.79 Å². The molecule has 2 N–H and O–H groups in total. The van der Waals surface area contributed by atoms with Gasteiger partial charge in [-0.3, -0.25) is 9.20 Å². The van der Waals surface area contributed by atoms with Crippen LogP contribution in [0.15, 0.2) is 24.7 Å². The van der Waals surface area contributed by atoms with Gasteiger partial charge in [0.05, 0.1) is 5.56 Å². The quantitative estimate of drug-likeness (QED) is 0.826. The van der Waals surface area contributed by atoms with Crippen LogP contribution in [0.25, 0.3) is 5.65 Å². The molecule has 0 saturated heterocycles. The van der Waals surface area contributed by atoms with E-state index in [-0.39, 0.29) is 18.6 Å². The molecular weight excluding hydrogens is 244 g/mol. The molecule has 0 bridgehead atoms. The van der Waals surface area contributed by atoms with E-state index in [0.29, 0.717) is 23.5 Å². The van der Waals surface area contributed by atoms with E-state index in [1.54, 1.807) is 29.1 Å². The third-order valence-corrected chi connectivity index (χ3v) is 3.50. The van der Waals surface area contributed by atoms with Gasteiger partial charge in [0.2, 0.25) is 0 Å². The SMILES string of the molecule is O=C(NC(CCO)C1CC1)c1ccc2nncn2c1. The molecule has 2 heterocycles. The van der Waals surface area contributed by atoms with Gasteiger partial charge < -0.3 is 10.4 Å². The molecule has 3 rings (SSSR count). The van der Waals surface area contributed by atoms with Crippen LogP contribution in [0.5, 0.6) is 0 Å². The van der Waals surface area contributed by atoms with Crippen molar-refractivity contribution in [2.24, 2.45) is 5.92 Å². The van der Waals surface area contributed by atoms with Gasteiger partial charge in [0, 0.05) is 18.8 Å². The summed E-state index contributed by atoms with van der Waals surface area (Å²) in [7, 11) is 0. The van der Waals surface area contributed by atoms with Gasteiger partial charge in [-0.05, 0) is 37.3 Å². The van der Waals surface area contributed by atoms with Crippen LogP contribution < -0.4 is 5.32 Å². The highest BCUT2D eigenvalue weighted by atomic mass is 16.3. The van der Waals surface area contributed by atoms with E-state index in [1.165, 1.54) is 0 Å². The Balaban J connectivity index is 1.74. The second-order valence-corrected chi connectivity index (χ2v) is 4.94. The molecule has 1 saturated carbocycles. The van der Waals surface area contributed by atoms with Gasteiger partial charge in [-0.25, -0.2) is 0 Å². The number of pyridine rings is 1. The van der Waals surface area contributed by atoms with E-state index in [2.05, 4.69) is 15.5 Å². The predicted molar refractivity (Wildman–Crippen MR) is 68.7 cm³/mol. The first-order valence-corrected chi connectivity index (χ1v) is 6.49. The first-order chi connectivity index (χ1) is 9.28. The Morgan fingerprint density at radius 1 is 1.53 bits per heavy atom. The van der Waals surface area contributed by atoms with E-state index in [0.717, 1.165) is 12.8 Å². The van der Waals surface area contributed by atoms with Crippen LogP contribution in [0.3, 0.4) is 0 Å². The molecule has 100 valence electrons. The third-order valence-electron chi connectivity index (χ3n) is 3.50. The minimum Gasteiger partial charge on any atom is -0.396 e. The van der Waals surface area contributed by atoms with E-state index >= 15 is 0 Å². The summed E-state index contributed by atoms with van der Waals surface area (Å²) in [4.78, 5) is 12.2. The fourth-order valence-corrected chi connectivity index (χ4v) is 2.28. The topological polar surface area (TPSA) is 79.5 Å². The minimum absolute atomic E-state index is 0.0779. The number of fused-ring (bicyclic) bond motifs is 1. The Morgan fingerprint density at radius 2 is 2.37 bits per heavy atom. The summed E-state index contributed by atoms with van der Waals surface area (Å²) in [5.74, 6) is 0.413. The molecule has 0 spiro atoms. The van der Waals surface area contributed by atoms with E-state index < -0.39 is 0 Å². The van der Waals surface area contributed by atoms with Crippen molar-refractivity contribution in [1.29, 1.82) is 0 Å². The van der Waals surface area contributed by atoms with E-state index in [1.807, 2.05) is 0 Å². The summed E-state index contributed by atoms with van der Waals surface area (Å²) in [5.41, 5.74) is 1.29. The van der Waals surface area contributed by atoms with Crippen LogP contribution in [-0.4, -0.2) is 38.3 Å². The van der Waals surface area contributed by atoms with Gasteiger partial charge in [-0.15, -0.1) is 10.2 Å². The zero-order chi connectivity index (χ0) is 13.2. The van der Waals surface area contributed by atoms with Crippen molar-refractivity contribution >= 4 is 11.6 Å². The van der Waals surface area contributed by atoms with Gasteiger partial charge in [-0.2, -0.15) is 0 Å². The Kier molecular flexibility index (Phi) is 3.16. The zero-order valence-corrected chi connectivity index (χ0v) is 10.5. The number of nitrogens with zero attached hydrogens (tertiary/aromatic N) is 3. The molecule has 1 aliphatic carbocycles. The summed E-state index contributed by atoms with van der Waals surface area (Å²) in [6.07, 6.45) is 6.17. The molecule has 6 heteroatoms. The highest BCUT2D eigenvalue weighted by Gasteiger charge is 2.31. The van der Waals surface area contributed by atoms with Crippen LogP contribution in [0.2, 0.25) is 0 Å². The molecule has 19 heavy (non-hydrogen) atoms. The fourth-order valence-electron chi connectivity index (χ4n) is 2.28. The molecule has 0 radical (unpaired) electrons. The summed E-state index contributed by atoms with van der Waals surface area (Å²) >= 11 is 0. The van der Waals surface area contributed by atoms with Crippen molar-refractivity contribution in [3.63, 3.8) is 0 Å². The lowest BCUT2D eigenvalue weighted by Crippen LogP contribution is -2.37. The largest absolute Gasteiger partial charge is 0.396 e. The summed E-state index contributed by atoms with van der Waals surface area (Å²) in [6, 6.07) is 3.58. The molecule has 1 fully saturated rings. The average molecular weight is 260 g/mol. The maximum atomic E-state index is 12.2. The number of carbonyl (C=O) groups excluding carboxylic acids is 1. The summed E-state index contributed by atoms with van der Waals surface area (Å²) in [6.45, 7) is 0.103. The maximum absolute atomic E-state index is 12.2. The molecule has 1 unspecified atom stereocenters. The molecule has 0 aromatic carbocycles. The van der Waals surface area contributed by atoms with Crippen LogP contribution in [0.1, 0.15) is 29.6 Å². The molecule has 2 aromatic heterocycles. The van der Waals surface area contributed by atoms with Gasteiger partial charge >= 0.3 is 0 Å². The normalized spacial score (nSPS) is 16.5. The van der Waals surface area contributed by atoms with Crippen LogP contribution >= 0.6 is 0 Å². The number of rotatable bonds is 5. The highest BCUT2D eigenvalue weighted by Crippen LogP contribution is 2.34. The summed E-state index contributed by atoms with van der Waals surface area (Å²) < 4.78 is 1.72. The standard InChI is InChI=1S/C13H16N4O2/c18-6-5-11(9-1-2-9)15-13(19)10-3-4-12-16-14-8-17(12)7-10/h3-4,7-9,11,18H,1-2,5-6H2,(H,15,19). The fraction of sp³-hybridized carbons (Fsp3) is 0.462. The minimum atomic E-state index is -0.110. The van der Waals surface area contributed by atoms with Crippen molar-refractivity contribution < 1.29 is 9.90 Å². The Morgan fingerprint density at radius 3 is 3.11 bits per heavy atom. The molecule has 2 aromatic rings. The second-order valence-electron chi connectivity index (χ2n) is 4.94. The van der Waals surface area contributed by atoms with Gasteiger partial charge in [-0.1, -0.05) is 0 Å². The molecule has 0 aliphatic heterocycles. The lowest BCUT2D eigenvalue weighted by Gasteiger charge is -2.17. The zero-order valence-electron chi connectivity index (χ0n) is 10.5. The van der Waals surface area contributed by atoms with E-state index in [4.69, 9.17) is 5.11 Å². The third kappa shape index (κ3) is 2.58. The van der Waals surface area contributed by atoms with Gasteiger partial charge in [0.15, 0.2) is 5.65 Å². The molecule has 6 nitrogen and oxygen atoms in total. The van der Waals surface area contributed by atoms with Crippen molar-refractivity contribution in [1.82, 2.24) is 19.9 Å². The van der Waals surface area contributed by atoms with Crippen LogP contribution in [0, 0.1) is 5.92 Å². The lowest BCUT2D eigenvalue weighted by atomic mass is 10.1. The molecule has 1 amide bonds. The highest BCUT2D eigenvalue weighted by molar-refractivity contribution is 5.94. The van der Waals surface area contributed by atoms with Crippen molar-refractivity contribution in [3.05, 3.63) is 30.2 Å². The monoisotopic (exact) mass is 260 g/mol. The first kappa shape index (κ1) is 12.1. The number of hydrogen-bond donors (Lipinski definition) is 2. The number of amides is 1. The lowest BCUT2D eigenvalue weighted by molar-refractivity contribution is 0.0924. The second kappa shape index (κ2) is 4.97. The Labute approximate surface area is 110 Å². The van der Waals surface area contributed by atoms with Gasteiger partial charge in [0.1, 0.15) is 6.33 Å². The average Bonchev–Trinajstić information content (AvgIpc) is 3.15. The molecular formula is C13H16N4O2. The predicted octanol–water partition coefficient (Wildman–Crippen LogP) is 0.620. The number of aliphatic hydroxyl groups excluding tert-OH is 1. The molecule has 1 atom stereocenters. The van der Waals surface area contributed by atoms with Crippen molar-refractivity contribution in [2.45, 2.75) is 25.3 Å². The number of hydrogen-bond acceptors (Lipinski definition) is 4. The first-order valence-electron chi connectivity index (χ1n) is 6.49. The van der Waals surface area contributed by atoms with Gasteiger partial charge in [0.25, 0.3) is 5.91 Å². The number of nitrogens with one attached hydrogen (secondary N) is 1. The van der Waals surface area contributed by atoms with Crippen molar-refractivity contribution in [3.8, 4) is 0 Å². The van der Waals surface area contributed by atoms with Crippen molar-refractivity contribution in [2.75, 3.05) is 6.61 Å². The van der Waals surface area contributed by atoms with Crippen LogP contribution in [-0.2, 0) is 0 Å². The van der Waals surface area contributed by atoms with Crippen LogP contribution in [0.4, 0.5) is 0 Å². The smallest absolute Gasteiger partial charge is 0.253 e. The number of carbonyl (C=O) groups is 1.